The van der Waals surface area contributed by atoms with E-state index in [1.807, 2.05) is 53.0 Å². The van der Waals surface area contributed by atoms with Crippen LogP contribution in [0.5, 0.6) is 0 Å². The number of hydrogen-bond donors (Lipinski definition) is 4. The molecule has 0 saturated carbocycles. The molecular weight excluding hydrogens is 705 g/mol. The molecule has 4 amide bonds. The first-order chi connectivity index (χ1) is 24.7. The van der Waals surface area contributed by atoms with Crippen LogP contribution in [0.4, 0.5) is 4.79 Å². The zero-order valence-electron chi connectivity index (χ0n) is 31.7. The van der Waals surface area contributed by atoms with E-state index in [-0.39, 0.29) is 23.7 Å². The Morgan fingerprint density at radius 1 is 1.13 bits per heavy atom. The predicted octanol–water partition coefficient (Wildman–Crippen LogP) is 5.49. The van der Waals surface area contributed by atoms with Gasteiger partial charge in [-0.15, -0.1) is 5.92 Å². The van der Waals surface area contributed by atoms with Crippen molar-refractivity contribution in [1.29, 1.82) is 0 Å². The minimum absolute atomic E-state index is 0.0182. The molecule has 1 aliphatic heterocycles. The highest BCUT2D eigenvalue weighted by atomic mass is 33.1. The number of carbonyl (C=O) groups is 5. The van der Waals surface area contributed by atoms with E-state index in [9.17, 15) is 24.0 Å². The van der Waals surface area contributed by atoms with Gasteiger partial charge in [-0.1, -0.05) is 91.2 Å². The van der Waals surface area contributed by atoms with Gasteiger partial charge in [-0.2, -0.15) is 0 Å². The van der Waals surface area contributed by atoms with Crippen LogP contribution in [-0.2, 0) is 33.4 Å². The number of cyclic esters (lactones) is 1. The molecule has 0 fully saturated rings. The summed E-state index contributed by atoms with van der Waals surface area (Å²) in [5.41, 5.74) is 0.336. The average Bonchev–Trinajstić information content (AvgIpc) is 3.08. The molecule has 1 aliphatic rings. The van der Waals surface area contributed by atoms with Gasteiger partial charge in [0.25, 0.3) is 0 Å². The summed E-state index contributed by atoms with van der Waals surface area (Å²) in [7, 11) is 4.69. The molecule has 0 aromatic heterocycles. The summed E-state index contributed by atoms with van der Waals surface area (Å²) in [6.45, 7) is 11.9. The lowest BCUT2D eigenvalue weighted by molar-refractivity contribution is -0.151. The molecule has 1 heterocycles. The van der Waals surface area contributed by atoms with Gasteiger partial charge < -0.3 is 35.5 Å². The van der Waals surface area contributed by atoms with Crippen LogP contribution >= 0.6 is 21.6 Å². The van der Waals surface area contributed by atoms with Crippen molar-refractivity contribution < 1.29 is 38.2 Å². The van der Waals surface area contributed by atoms with Gasteiger partial charge in [-0.25, -0.2) is 9.59 Å². The van der Waals surface area contributed by atoms with Crippen LogP contribution in [-0.4, -0.2) is 80.2 Å². The molecule has 0 bridgehead atoms. The fraction of sp³-hybridized carbons (Fsp3) is 0.553. The lowest BCUT2D eigenvalue weighted by Gasteiger charge is -2.29. The van der Waals surface area contributed by atoms with E-state index in [0.29, 0.717) is 45.2 Å². The van der Waals surface area contributed by atoms with Crippen LogP contribution in [0.2, 0.25) is 0 Å². The van der Waals surface area contributed by atoms with E-state index in [2.05, 4.69) is 33.1 Å². The Balaban J connectivity index is 2.61. The Bertz CT molecular complexity index is 1410. The molecule has 4 atom stereocenters. The number of alkyl carbamates (subject to hydrolysis) is 1. The normalized spacial score (nSPS) is 16.6. The van der Waals surface area contributed by atoms with Crippen LogP contribution in [0.1, 0.15) is 73.6 Å². The number of carbonyl (C=O) groups excluding carboxylic acids is 5. The summed E-state index contributed by atoms with van der Waals surface area (Å²) in [4.78, 5) is 61.9. The maximum atomic E-state index is 13.1. The fourth-order valence-electron chi connectivity index (χ4n) is 4.67. The largest absolute Gasteiger partial charge is 0.490 e. The number of nitrogens with one attached hydrogen (secondary N) is 4. The Morgan fingerprint density at radius 2 is 1.85 bits per heavy atom. The smallest absolute Gasteiger partial charge is 0.407 e. The molecule has 4 N–H and O–H groups in total. The number of amides is 4. The van der Waals surface area contributed by atoms with Gasteiger partial charge in [-0.05, 0) is 44.2 Å². The second kappa shape index (κ2) is 25.8. The summed E-state index contributed by atoms with van der Waals surface area (Å²) in [5, 5.41) is 11.0. The van der Waals surface area contributed by atoms with Gasteiger partial charge in [0.05, 0.1) is 7.11 Å². The topological polar surface area (TPSA) is 161 Å². The van der Waals surface area contributed by atoms with Crippen LogP contribution in [0, 0.1) is 23.2 Å². The maximum absolute atomic E-state index is 13.1. The second-order valence-electron chi connectivity index (χ2n) is 12.9. The SMILES string of the molecule is CC#CCC(CC=CNC(=O)C(NC(=O)C=CC=CC(C)=CC(C)C1CC=C(OC)C(=O)O1)C(C)(C)C)OC(=O)NCCCNC(=O)CCSSC. The molecule has 4 unspecified atom stereocenters. The summed E-state index contributed by atoms with van der Waals surface area (Å²) in [6.07, 6.45) is 16.1. The maximum Gasteiger partial charge on any atom is 0.407 e. The molecular formula is C38H56N4O8S2. The highest BCUT2D eigenvalue weighted by Crippen LogP contribution is 2.23. The van der Waals surface area contributed by atoms with Crippen molar-refractivity contribution in [2.24, 2.45) is 11.3 Å². The van der Waals surface area contributed by atoms with Gasteiger partial charge in [0.2, 0.25) is 17.7 Å². The van der Waals surface area contributed by atoms with Crippen molar-refractivity contribution in [3.63, 3.8) is 0 Å². The van der Waals surface area contributed by atoms with E-state index in [1.54, 1.807) is 52.8 Å². The summed E-state index contributed by atoms with van der Waals surface area (Å²) >= 11 is 0. The highest BCUT2D eigenvalue weighted by Gasteiger charge is 2.32. The summed E-state index contributed by atoms with van der Waals surface area (Å²) < 4.78 is 16.0. The number of allylic oxidation sites excluding steroid dienone is 4. The minimum Gasteiger partial charge on any atom is -0.490 e. The number of methoxy groups -OCH3 is 1. The lowest BCUT2D eigenvalue weighted by Crippen LogP contribution is -2.52. The molecule has 52 heavy (non-hydrogen) atoms. The predicted molar refractivity (Wildman–Crippen MR) is 209 cm³/mol. The first-order valence-electron chi connectivity index (χ1n) is 17.2. The molecule has 0 aromatic rings. The number of esters is 1. The molecule has 288 valence electrons. The van der Waals surface area contributed by atoms with Crippen molar-refractivity contribution in [2.45, 2.75) is 91.9 Å². The second-order valence-corrected chi connectivity index (χ2v) is 15.6. The quantitative estimate of drug-likeness (QED) is 0.0294. The molecule has 0 radical (unpaired) electrons. The van der Waals surface area contributed by atoms with Crippen molar-refractivity contribution in [2.75, 3.05) is 32.2 Å². The fourth-order valence-corrected chi connectivity index (χ4v) is 5.86. The van der Waals surface area contributed by atoms with E-state index < -0.39 is 41.4 Å². The molecule has 1 rings (SSSR count). The van der Waals surface area contributed by atoms with Crippen molar-refractivity contribution in [3.8, 4) is 11.8 Å². The molecule has 14 heteroatoms. The summed E-state index contributed by atoms with van der Waals surface area (Å²) in [5.74, 6) is 5.33. The molecule has 0 aromatic carbocycles. The van der Waals surface area contributed by atoms with Crippen molar-refractivity contribution in [1.82, 2.24) is 21.3 Å². The zero-order valence-corrected chi connectivity index (χ0v) is 33.3. The van der Waals surface area contributed by atoms with Gasteiger partial charge in [0.1, 0.15) is 18.2 Å². The first kappa shape index (κ1) is 45.9. The third-order valence-corrected chi connectivity index (χ3v) is 9.27. The van der Waals surface area contributed by atoms with Crippen molar-refractivity contribution in [3.05, 3.63) is 60.1 Å². The molecule has 12 nitrogen and oxygen atoms in total. The Morgan fingerprint density at radius 3 is 2.50 bits per heavy atom. The number of ether oxygens (including phenoxy) is 3. The molecule has 0 spiro atoms. The lowest BCUT2D eigenvalue weighted by atomic mass is 9.86. The average molecular weight is 761 g/mol. The zero-order chi connectivity index (χ0) is 38.9. The van der Waals surface area contributed by atoms with E-state index in [4.69, 9.17) is 14.2 Å². The molecule has 0 aliphatic carbocycles. The Hall–Kier alpha value is -4.09. The van der Waals surface area contributed by atoms with Gasteiger partial charge in [0.15, 0.2) is 5.76 Å². The standard InChI is InChI=1S/C38H56N4O8S2/c1-9-10-16-29(49-37(47)41-24-14-23-39-32(43)21-25-52-51-8)17-13-22-40-35(45)34(38(4,5)6)42-33(44)18-12-11-15-27(2)26-28(3)30-19-20-31(48-7)36(46)50-30/h11-13,15,18,20,22,26,28-30,34H,14,16-17,19,21,23-25H2,1-8H3,(H,39,43)(H,40,45)(H,41,47)(H,42,44). The third kappa shape index (κ3) is 20.1. The molecule has 0 saturated heterocycles. The van der Waals surface area contributed by atoms with Crippen LogP contribution < -0.4 is 21.3 Å². The van der Waals surface area contributed by atoms with Gasteiger partial charge >= 0.3 is 12.1 Å². The van der Waals surface area contributed by atoms with Crippen LogP contribution in [0.25, 0.3) is 0 Å². The highest BCUT2D eigenvalue weighted by molar-refractivity contribution is 8.76. The number of rotatable bonds is 21. The van der Waals surface area contributed by atoms with Crippen LogP contribution in [0.3, 0.4) is 0 Å². The number of hydrogen-bond acceptors (Lipinski definition) is 10. The van der Waals surface area contributed by atoms with Gasteiger partial charge in [-0.3, -0.25) is 14.4 Å². The van der Waals surface area contributed by atoms with E-state index in [0.717, 1.165) is 11.3 Å². The first-order valence-corrected chi connectivity index (χ1v) is 19.9. The van der Waals surface area contributed by atoms with Crippen molar-refractivity contribution >= 4 is 51.4 Å². The van der Waals surface area contributed by atoms with Crippen LogP contribution in [0.15, 0.2) is 60.1 Å². The summed E-state index contributed by atoms with van der Waals surface area (Å²) in [6, 6.07) is -0.838. The minimum atomic E-state index is -0.838. The van der Waals surface area contributed by atoms with Gasteiger partial charge in [0, 0.05) is 56.5 Å². The Labute approximate surface area is 317 Å². The third-order valence-electron chi connectivity index (χ3n) is 7.46. The Kier molecular flexibility index (Phi) is 22.8. The van der Waals surface area contributed by atoms with E-state index >= 15 is 0 Å². The monoisotopic (exact) mass is 760 g/mol. The van der Waals surface area contributed by atoms with E-state index in [1.165, 1.54) is 19.4 Å².